The van der Waals surface area contributed by atoms with E-state index in [9.17, 15) is 9.59 Å². The maximum Gasteiger partial charge on any atom is 0.259 e. The summed E-state index contributed by atoms with van der Waals surface area (Å²) in [5, 5.41) is 5.68. The van der Waals surface area contributed by atoms with Crippen LogP contribution in [0.15, 0.2) is 30.5 Å². The van der Waals surface area contributed by atoms with Gasteiger partial charge in [-0.15, -0.1) is 0 Å². The molecule has 0 aliphatic rings. The largest absolute Gasteiger partial charge is 0.494 e. The fraction of sp³-hybridized carbons (Fsp3) is 0.235. The smallest absolute Gasteiger partial charge is 0.259 e. The Balaban J connectivity index is 2.39. The summed E-state index contributed by atoms with van der Waals surface area (Å²) in [6.07, 6.45) is 1.92. The number of halogens is 1. The third-order valence-corrected chi connectivity index (χ3v) is 3.49. The van der Waals surface area contributed by atoms with Gasteiger partial charge in [-0.05, 0) is 24.6 Å². The van der Waals surface area contributed by atoms with Crippen LogP contribution < -0.4 is 15.4 Å². The molecule has 0 aliphatic carbocycles. The minimum atomic E-state index is -0.446. The van der Waals surface area contributed by atoms with Gasteiger partial charge in [-0.1, -0.05) is 24.6 Å². The molecule has 24 heavy (non-hydrogen) atoms. The van der Waals surface area contributed by atoms with Gasteiger partial charge in [0, 0.05) is 23.7 Å². The molecule has 7 heteroatoms. The molecule has 2 N–H and O–H groups in total. The Morgan fingerprint density at radius 1 is 1.25 bits per heavy atom. The molecule has 126 valence electrons. The molecule has 2 amide bonds. The minimum Gasteiger partial charge on any atom is -0.494 e. The van der Waals surface area contributed by atoms with Gasteiger partial charge < -0.3 is 15.4 Å². The van der Waals surface area contributed by atoms with E-state index >= 15 is 0 Å². The molecule has 0 spiro atoms. The molecule has 2 rings (SSSR count). The molecule has 1 aromatic heterocycles. The molecule has 0 fully saturated rings. The van der Waals surface area contributed by atoms with E-state index in [0.717, 1.165) is 5.56 Å². The molecule has 1 heterocycles. The zero-order valence-corrected chi connectivity index (χ0v) is 14.4. The first-order chi connectivity index (χ1) is 11.4. The number of hydrogen-bond acceptors (Lipinski definition) is 4. The van der Waals surface area contributed by atoms with E-state index in [4.69, 9.17) is 16.3 Å². The number of methoxy groups -OCH3 is 1. The summed E-state index contributed by atoms with van der Waals surface area (Å²) in [6, 6.07) is 6.53. The van der Waals surface area contributed by atoms with Crippen molar-refractivity contribution in [3.63, 3.8) is 0 Å². The number of benzene rings is 1. The van der Waals surface area contributed by atoms with E-state index in [0.29, 0.717) is 16.6 Å². The number of amides is 2. The Morgan fingerprint density at radius 2 is 2.00 bits per heavy atom. The quantitative estimate of drug-likeness (QED) is 0.865. The third-order valence-electron chi connectivity index (χ3n) is 3.27. The van der Waals surface area contributed by atoms with Crippen molar-refractivity contribution in [1.82, 2.24) is 4.98 Å². The van der Waals surface area contributed by atoms with E-state index < -0.39 is 5.91 Å². The first-order valence-electron chi connectivity index (χ1n) is 7.36. The number of carbonyl (C=O) groups is 2. The van der Waals surface area contributed by atoms with Gasteiger partial charge in [0.15, 0.2) is 0 Å². The summed E-state index contributed by atoms with van der Waals surface area (Å²) in [6.45, 7) is 3.62. The number of hydrogen-bond donors (Lipinski definition) is 2. The van der Waals surface area contributed by atoms with Gasteiger partial charge in [0.1, 0.15) is 11.6 Å². The lowest BCUT2D eigenvalue weighted by Crippen LogP contribution is -2.19. The first kappa shape index (κ1) is 17.7. The number of nitrogens with zero attached hydrogens (tertiary/aromatic N) is 1. The highest BCUT2D eigenvalue weighted by atomic mass is 35.5. The van der Waals surface area contributed by atoms with E-state index in [2.05, 4.69) is 15.6 Å². The monoisotopic (exact) mass is 347 g/mol. The summed E-state index contributed by atoms with van der Waals surface area (Å²) in [5.74, 6) is 0.0281. The van der Waals surface area contributed by atoms with E-state index in [1.165, 1.54) is 19.2 Å². The fourth-order valence-electron chi connectivity index (χ4n) is 2.00. The summed E-state index contributed by atoms with van der Waals surface area (Å²) in [5.41, 5.74) is 1.45. The van der Waals surface area contributed by atoms with Crippen LogP contribution >= 0.6 is 11.6 Å². The lowest BCUT2D eigenvalue weighted by atomic mass is 10.1. The zero-order chi connectivity index (χ0) is 17.7. The lowest BCUT2D eigenvalue weighted by Gasteiger charge is -2.15. The average molecular weight is 348 g/mol. The molecule has 0 aliphatic heterocycles. The highest BCUT2D eigenvalue weighted by molar-refractivity contribution is 6.31. The highest BCUT2D eigenvalue weighted by Gasteiger charge is 2.19. The number of pyridine rings is 1. The maximum atomic E-state index is 12.6. The van der Waals surface area contributed by atoms with Crippen LogP contribution in [0.2, 0.25) is 5.02 Å². The van der Waals surface area contributed by atoms with Gasteiger partial charge in [0.25, 0.3) is 5.91 Å². The summed E-state index contributed by atoms with van der Waals surface area (Å²) in [4.78, 5) is 28.5. The molecule has 1 aromatic carbocycles. The summed E-state index contributed by atoms with van der Waals surface area (Å²) < 4.78 is 5.23. The Labute approximate surface area is 145 Å². The molecular weight excluding hydrogens is 330 g/mol. The van der Waals surface area contributed by atoms with Crippen LogP contribution in [0.5, 0.6) is 5.75 Å². The number of aryl methyl sites for hydroxylation is 1. The van der Waals surface area contributed by atoms with Crippen molar-refractivity contribution in [3.8, 4) is 5.75 Å². The molecule has 2 aromatic rings. The molecule has 0 bridgehead atoms. The molecule has 0 unspecified atom stereocenters. The normalized spacial score (nSPS) is 10.2. The van der Waals surface area contributed by atoms with Crippen LogP contribution in [0.1, 0.15) is 29.3 Å². The molecular formula is C17H18ClN3O3. The van der Waals surface area contributed by atoms with Crippen molar-refractivity contribution in [3.05, 3.63) is 46.6 Å². The van der Waals surface area contributed by atoms with Crippen LogP contribution in [0, 0.1) is 6.92 Å². The molecule has 0 atom stereocenters. The zero-order valence-electron chi connectivity index (χ0n) is 13.6. The topological polar surface area (TPSA) is 80.3 Å². The van der Waals surface area contributed by atoms with Gasteiger partial charge in [-0.25, -0.2) is 4.98 Å². The fourth-order valence-corrected chi connectivity index (χ4v) is 2.21. The molecule has 0 saturated heterocycles. The Kier molecular flexibility index (Phi) is 5.76. The number of anilines is 2. The molecule has 0 radical (unpaired) electrons. The van der Waals surface area contributed by atoms with Crippen molar-refractivity contribution in [1.29, 1.82) is 0 Å². The second-order valence-electron chi connectivity index (χ2n) is 5.11. The lowest BCUT2D eigenvalue weighted by molar-refractivity contribution is -0.115. The maximum absolute atomic E-state index is 12.6. The van der Waals surface area contributed by atoms with Gasteiger partial charge in [-0.3, -0.25) is 9.59 Å². The predicted molar refractivity (Wildman–Crippen MR) is 93.9 cm³/mol. The van der Waals surface area contributed by atoms with E-state index in [1.54, 1.807) is 19.2 Å². The Bertz CT molecular complexity index is 760. The van der Waals surface area contributed by atoms with Gasteiger partial charge >= 0.3 is 0 Å². The second-order valence-corrected chi connectivity index (χ2v) is 5.54. The van der Waals surface area contributed by atoms with E-state index in [1.807, 2.05) is 13.0 Å². The predicted octanol–water partition coefficient (Wildman–Crippen LogP) is 3.65. The number of ether oxygens (including phenoxy) is 1. The number of nitrogens with one attached hydrogen (secondary N) is 2. The van der Waals surface area contributed by atoms with Crippen molar-refractivity contribution in [2.45, 2.75) is 20.3 Å². The number of carbonyl (C=O) groups excluding carboxylic acids is 2. The van der Waals surface area contributed by atoms with Crippen LogP contribution in [-0.4, -0.2) is 23.9 Å². The van der Waals surface area contributed by atoms with Crippen molar-refractivity contribution in [2.75, 3.05) is 17.7 Å². The average Bonchev–Trinajstić information content (AvgIpc) is 2.57. The summed E-state index contributed by atoms with van der Waals surface area (Å²) in [7, 11) is 1.44. The van der Waals surface area contributed by atoms with Crippen molar-refractivity contribution < 1.29 is 14.3 Å². The van der Waals surface area contributed by atoms with Crippen LogP contribution in [0.3, 0.4) is 0 Å². The van der Waals surface area contributed by atoms with Crippen LogP contribution in [0.25, 0.3) is 0 Å². The molecule has 6 nitrogen and oxygen atoms in total. The number of rotatable bonds is 5. The first-order valence-corrected chi connectivity index (χ1v) is 7.73. The van der Waals surface area contributed by atoms with E-state index in [-0.39, 0.29) is 23.6 Å². The SMILES string of the molecule is CCC(=O)Nc1c(OC)cc(Cl)cc1C(=O)Nc1ccc(C)cn1. The Hall–Kier alpha value is -2.60. The highest BCUT2D eigenvalue weighted by Crippen LogP contribution is 2.33. The minimum absolute atomic E-state index is 0.198. The standard InChI is InChI=1S/C17H18ClN3O3/c1-4-15(22)21-16-12(7-11(18)8-13(16)24-3)17(23)20-14-6-5-10(2)9-19-14/h5-9H,4H2,1-3H3,(H,21,22)(H,19,20,23). The van der Waals surface area contributed by atoms with Crippen molar-refractivity contribution >= 4 is 34.9 Å². The van der Waals surface area contributed by atoms with Gasteiger partial charge in [0.05, 0.1) is 18.4 Å². The van der Waals surface area contributed by atoms with Crippen molar-refractivity contribution in [2.24, 2.45) is 0 Å². The molecule has 0 saturated carbocycles. The van der Waals surface area contributed by atoms with Crippen LogP contribution in [0.4, 0.5) is 11.5 Å². The van der Waals surface area contributed by atoms with Crippen LogP contribution in [-0.2, 0) is 4.79 Å². The second kappa shape index (κ2) is 7.79. The van der Waals surface area contributed by atoms with Gasteiger partial charge in [0.2, 0.25) is 5.91 Å². The van der Waals surface area contributed by atoms with Gasteiger partial charge in [-0.2, -0.15) is 0 Å². The Morgan fingerprint density at radius 3 is 2.58 bits per heavy atom. The third kappa shape index (κ3) is 4.23. The summed E-state index contributed by atoms with van der Waals surface area (Å²) >= 11 is 6.05. The number of aromatic nitrogens is 1.